The van der Waals surface area contributed by atoms with Gasteiger partial charge in [0.05, 0.1) is 14.2 Å². The number of methoxy groups -OCH3 is 2. The molecule has 0 fully saturated rings. The van der Waals surface area contributed by atoms with E-state index in [1.807, 2.05) is 0 Å². The second-order valence-corrected chi connectivity index (χ2v) is 4.71. The zero-order valence-corrected chi connectivity index (χ0v) is 12.5. The lowest BCUT2D eigenvalue weighted by Crippen LogP contribution is -2.11. The quantitative estimate of drug-likeness (QED) is 0.585. The Kier molecular flexibility index (Phi) is 5.09. The summed E-state index contributed by atoms with van der Waals surface area (Å²) in [4.78, 5) is 0. The molecule has 25 heavy (non-hydrogen) atoms. The lowest BCUT2D eigenvalue weighted by molar-refractivity contribution is 0.324. The summed E-state index contributed by atoms with van der Waals surface area (Å²) in [5.74, 6) is -18.7. The van der Waals surface area contributed by atoms with Crippen molar-refractivity contribution in [3.05, 3.63) is 57.7 Å². The number of hydrogen-bond donors (Lipinski definition) is 0. The first kappa shape index (κ1) is 18.8. The van der Waals surface area contributed by atoms with Gasteiger partial charge in [-0.2, -0.15) is 17.6 Å². The average Bonchev–Trinajstić information content (AvgIpc) is 2.59. The van der Waals surface area contributed by atoms with Crippen LogP contribution >= 0.6 is 0 Å². The average molecular weight is 372 g/mol. The fourth-order valence-electron chi connectivity index (χ4n) is 2.16. The molecule has 0 amide bonds. The molecule has 0 aliphatic heterocycles. The Balaban J connectivity index is 2.70. The summed E-state index contributed by atoms with van der Waals surface area (Å²) < 4.78 is 118. The van der Waals surface area contributed by atoms with Gasteiger partial charge in [0.15, 0.2) is 34.8 Å². The molecule has 0 bridgehead atoms. The van der Waals surface area contributed by atoms with Crippen LogP contribution in [0.25, 0.3) is 0 Å². The van der Waals surface area contributed by atoms with Crippen LogP contribution in [-0.2, 0) is 6.42 Å². The summed E-state index contributed by atoms with van der Waals surface area (Å²) in [7, 11) is 1.46. The first-order valence-corrected chi connectivity index (χ1v) is 6.44. The van der Waals surface area contributed by atoms with E-state index in [0.29, 0.717) is 0 Å². The molecule has 2 aromatic carbocycles. The third-order valence-corrected chi connectivity index (χ3v) is 3.39. The van der Waals surface area contributed by atoms with Crippen LogP contribution in [0.1, 0.15) is 11.1 Å². The van der Waals surface area contributed by atoms with E-state index in [-0.39, 0.29) is 0 Å². The van der Waals surface area contributed by atoms with Crippen LogP contribution < -0.4 is 9.47 Å². The highest BCUT2D eigenvalue weighted by atomic mass is 19.2. The third kappa shape index (κ3) is 2.85. The molecule has 0 aliphatic carbocycles. The van der Waals surface area contributed by atoms with Crippen LogP contribution in [0.4, 0.5) is 35.1 Å². The largest absolute Gasteiger partial charge is 0.491 e. The van der Waals surface area contributed by atoms with E-state index >= 15 is 0 Å². The van der Waals surface area contributed by atoms with E-state index in [1.54, 1.807) is 0 Å². The molecule has 0 spiro atoms. The third-order valence-electron chi connectivity index (χ3n) is 3.39. The SMILES string of the molecule is COc1c(F)c(F)c(Cc2c(F)c(F)c(OC)c(F)c2F)c(F)c1F. The van der Waals surface area contributed by atoms with Crippen LogP contribution in [0, 0.1) is 46.5 Å². The minimum Gasteiger partial charge on any atom is -0.491 e. The minimum atomic E-state index is -2.02. The van der Waals surface area contributed by atoms with Gasteiger partial charge in [-0.25, -0.2) is 17.6 Å². The van der Waals surface area contributed by atoms with Crippen molar-refractivity contribution < 1.29 is 44.6 Å². The molecular weight excluding hydrogens is 364 g/mol. The van der Waals surface area contributed by atoms with Gasteiger partial charge in [-0.05, 0) is 0 Å². The first-order valence-electron chi connectivity index (χ1n) is 6.44. The van der Waals surface area contributed by atoms with Gasteiger partial charge >= 0.3 is 0 Å². The molecule has 0 unspecified atom stereocenters. The molecular formula is C15H8F8O2. The summed E-state index contributed by atoms with van der Waals surface area (Å²) in [5.41, 5.74) is -2.95. The number of ether oxygens (including phenoxy) is 2. The van der Waals surface area contributed by atoms with Gasteiger partial charge in [0.2, 0.25) is 23.3 Å². The lowest BCUT2D eigenvalue weighted by atomic mass is 10.0. The van der Waals surface area contributed by atoms with E-state index in [9.17, 15) is 35.1 Å². The number of hydrogen-bond acceptors (Lipinski definition) is 2. The highest BCUT2D eigenvalue weighted by molar-refractivity contribution is 5.40. The summed E-state index contributed by atoms with van der Waals surface area (Å²) in [6.07, 6.45) is -1.51. The monoisotopic (exact) mass is 372 g/mol. The number of benzene rings is 2. The molecule has 2 aromatic rings. The standard InChI is InChI=1S/C15H8F8O2/c1-24-14-10(20)6(16)4(7(17)11(14)21)3-5-8(18)12(22)15(25-2)13(23)9(5)19/h3H2,1-2H3. The van der Waals surface area contributed by atoms with Crippen molar-refractivity contribution >= 4 is 0 Å². The van der Waals surface area contributed by atoms with Gasteiger partial charge in [-0.3, -0.25) is 0 Å². The molecule has 0 heterocycles. The number of halogens is 8. The zero-order chi connectivity index (χ0) is 19.0. The van der Waals surface area contributed by atoms with E-state index < -0.39 is 75.6 Å². The summed E-state index contributed by atoms with van der Waals surface area (Å²) in [6, 6.07) is 0. The second-order valence-electron chi connectivity index (χ2n) is 4.71. The minimum absolute atomic E-state index is 0.730. The molecule has 10 heteroatoms. The first-order chi connectivity index (χ1) is 11.7. The fraction of sp³-hybridized carbons (Fsp3) is 0.200. The molecule has 2 rings (SSSR count). The predicted octanol–water partition coefficient (Wildman–Crippen LogP) is 4.41. The van der Waals surface area contributed by atoms with Crippen LogP contribution in [-0.4, -0.2) is 14.2 Å². The maximum Gasteiger partial charge on any atom is 0.204 e. The fourth-order valence-corrected chi connectivity index (χ4v) is 2.16. The topological polar surface area (TPSA) is 18.5 Å². The van der Waals surface area contributed by atoms with Crippen LogP contribution in [0.3, 0.4) is 0 Å². The van der Waals surface area contributed by atoms with Gasteiger partial charge < -0.3 is 9.47 Å². The summed E-state index contributed by atoms with van der Waals surface area (Å²) in [5, 5.41) is 0. The smallest absolute Gasteiger partial charge is 0.204 e. The van der Waals surface area contributed by atoms with E-state index in [4.69, 9.17) is 0 Å². The van der Waals surface area contributed by atoms with Gasteiger partial charge in [0.25, 0.3) is 0 Å². The molecule has 0 saturated carbocycles. The Labute approximate surface area is 135 Å². The Hall–Kier alpha value is -2.52. The van der Waals surface area contributed by atoms with E-state index in [2.05, 4.69) is 9.47 Å². The second kappa shape index (κ2) is 6.77. The highest BCUT2D eigenvalue weighted by Crippen LogP contribution is 2.34. The van der Waals surface area contributed by atoms with Crippen LogP contribution in [0.15, 0.2) is 0 Å². The van der Waals surface area contributed by atoms with Crippen molar-refractivity contribution in [1.29, 1.82) is 0 Å². The van der Waals surface area contributed by atoms with Gasteiger partial charge in [0.1, 0.15) is 0 Å². The predicted molar refractivity (Wildman–Crippen MR) is 68.5 cm³/mol. The van der Waals surface area contributed by atoms with Crippen LogP contribution in [0.2, 0.25) is 0 Å². The molecule has 0 atom stereocenters. The molecule has 0 saturated heterocycles. The lowest BCUT2D eigenvalue weighted by Gasteiger charge is -2.14. The summed E-state index contributed by atoms with van der Waals surface area (Å²) >= 11 is 0. The maximum atomic E-state index is 13.9. The van der Waals surface area contributed by atoms with Crippen molar-refractivity contribution in [3.8, 4) is 11.5 Å². The zero-order valence-electron chi connectivity index (χ0n) is 12.5. The van der Waals surface area contributed by atoms with Gasteiger partial charge in [-0.1, -0.05) is 0 Å². The number of rotatable bonds is 4. The van der Waals surface area contributed by atoms with Crippen molar-refractivity contribution in [3.63, 3.8) is 0 Å². The molecule has 0 N–H and O–H groups in total. The molecule has 136 valence electrons. The van der Waals surface area contributed by atoms with Gasteiger partial charge in [-0.15, -0.1) is 0 Å². The van der Waals surface area contributed by atoms with E-state index in [0.717, 1.165) is 14.2 Å². The van der Waals surface area contributed by atoms with Crippen LogP contribution in [0.5, 0.6) is 11.5 Å². The van der Waals surface area contributed by atoms with Gasteiger partial charge in [0, 0.05) is 17.5 Å². The van der Waals surface area contributed by atoms with Crippen molar-refractivity contribution in [2.24, 2.45) is 0 Å². The van der Waals surface area contributed by atoms with Crippen molar-refractivity contribution in [2.45, 2.75) is 6.42 Å². The Morgan fingerprint density at radius 3 is 0.920 bits per heavy atom. The van der Waals surface area contributed by atoms with Crippen molar-refractivity contribution in [1.82, 2.24) is 0 Å². The van der Waals surface area contributed by atoms with E-state index in [1.165, 1.54) is 0 Å². The Morgan fingerprint density at radius 2 is 0.720 bits per heavy atom. The Morgan fingerprint density at radius 1 is 0.480 bits per heavy atom. The summed E-state index contributed by atoms with van der Waals surface area (Å²) in [6.45, 7) is 0. The Bertz CT molecular complexity index is 723. The molecule has 0 aliphatic rings. The molecule has 0 radical (unpaired) electrons. The normalized spacial score (nSPS) is 11.0. The van der Waals surface area contributed by atoms with Crippen molar-refractivity contribution in [2.75, 3.05) is 14.2 Å². The highest BCUT2D eigenvalue weighted by Gasteiger charge is 2.31. The maximum absolute atomic E-state index is 13.9. The molecule has 2 nitrogen and oxygen atoms in total. The molecule has 0 aromatic heterocycles.